The van der Waals surface area contributed by atoms with Gasteiger partial charge in [-0.25, -0.2) is 0 Å². The SMILES string of the molecule is Cn1[nH]c(=O)c(=O)nc1SCc1cccc(C#CCO)c1. The molecule has 0 atom stereocenters. The second-order valence-electron chi connectivity index (χ2n) is 4.15. The Hall–Kier alpha value is -2.30. The molecule has 1 aromatic carbocycles. The number of aryl methyl sites for hydroxylation is 1. The van der Waals surface area contributed by atoms with Gasteiger partial charge < -0.3 is 5.11 Å². The second kappa shape index (κ2) is 6.92. The molecule has 7 heteroatoms. The van der Waals surface area contributed by atoms with Crippen molar-refractivity contribution in [2.45, 2.75) is 10.9 Å². The van der Waals surface area contributed by atoms with Crippen molar-refractivity contribution in [3.8, 4) is 11.8 Å². The Balaban J connectivity index is 2.15. The van der Waals surface area contributed by atoms with E-state index < -0.39 is 11.1 Å². The first-order valence-corrected chi connectivity index (χ1v) is 7.07. The zero-order chi connectivity index (χ0) is 15.2. The Kier molecular flexibility index (Phi) is 4.98. The Morgan fingerprint density at radius 3 is 3.00 bits per heavy atom. The standard InChI is InChI=1S/C14H13N3O3S/c1-17-14(15-12(19)13(20)16-17)21-9-11-5-2-4-10(8-11)6-3-7-18/h2,4-5,8,18H,7,9H2,1H3,(H,16,20). The van der Waals surface area contributed by atoms with Crippen LogP contribution in [-0.2, 0) is 12.8 Å². The fraction of sp³-hybridized carbons (Fsp3) is 0.214. The predicted molar refractivity (Wildman–Crippen MR) is 80.1 cm³/mol. The minimum atomic E-state index is -0.793. The van der Waals surface area contributed by atoms with Crippen LogP contribution in [0.1, 0.15) is 11.1 Å². The number of rotatable bonds is 3. The van der Waals surface area contributed by atoms with Crippen molar-refractivity contribution in [2.75, 3.05) is 6.61 Å². The van der Waals surface area contributed by atoms with Gasteiger partial charge in [0.1, 0.15) is 6.61 Å². The lowest BCUT2D eigenvalue weighted by atomic mass is 10.1. The lowest BCUT2D eigenvalue weighted by molar-refractivity contribution is 0.350. The maximum Gasteiger partial charge on any atom is 0.339 e. The number of H-pyrrole nitrogens is 1. The number of hydrogen-bond acceptors (Lipinski definition) is 5. The Morgan fingerprint density at radius 1 is 1.43 bits per heavy atom. The van der Waals surface area contributed by atoms with Crippen molar-refractivity contribution in [3.05, 3.63) is 56.1 Å². The number of aliphatic hydroxyl groups is 1. The highest BCUT2D eigenvalue weighted by molar-refractivity contribution is 7.98. The fourth-order valence-corrected chi connectivity index (χ4v) is 2.48. The van der Waals surface area contributed by atoms with E-state index >= 15 is 0 Å². The van der Waals surface area contributed by atoms with E-state index in [0.29, 0.717) is 10.9 Å². The van der Waals surface area contributed by atoms with Crippen LogP contribution >= 0.6 is 11.8 Å². The molecule has 0 spiro atoms. The molecule has 2 rings (SSSR count). The number of nitrogens with one attached hydrogen (secondary N) is 1. The molecule has 6 nitrogen and oxygen atoms in total. The molecule has 2 N–H and O–H groups in total. The van der Waals surface area contributed by atoms with Crippen molar-refractivity contribution in [1.82, 2.24) is 14.8 Å². The number of thioether (sulfide) groups is 1. The van der Waals surface area contributed by atoms with Crippen molar-refractivity contribution in [1.29, 1.82) is 0 Å². The van der Waals surface area contributed by atoms with Gasteiger partial charge in [-0.2, -0.15) is 4.98 Å². The van der Waals surface area contributed by atoms with Gasteiger partial charge in [-0.15, -0.1) is 0 Å². The van der Waals surface area contributed by atoms with Gasteiger partial charge in [0.05, 0.1) is 0 Å². The maximum absolute atomic E-state index is 11.3. The third kappa shape index (κ3) is 4.08. The Bertz CT molecular complexity index is 814. The van der Waals surface area contributed by atoms with Crippen molar-refractivity contribution in [3.63, 3.8) is 0 Å². The molecule has 108 valence electrons. The Labute approximate surface area is 124 Å². The molecule has 0 bridgehead atoms. The molecular weight excluding hydrogens is 290 g/mol. The number of aliphatic hydroxyl groups excluding tert-OH is 1. The zero-order valence-corrected chi connectivity index (χ0v) is 12.1. The normalized spacial score (nSPS) is 10.0. The fourth-order valence-electron chi connectivity index (χ4n) is 1.62. The molecule has 0 saturated heterocycles. The van der Waals surface area contributed by atoms with Crippen molar-refractivity contribution in [2.24, 2.45) is 7.05 Å². The first kappa shape index (κ1) is 15.1. The summed E-state index contributed by atoms with van der Waals surface area (Å²) in [5.41, 5.74) is 0.289. The molecule has 0 amide bonds. The predicted octanol–water partition coefficient (Wildman–Crippen LogP) is 0.105. The van der Waals surface area contributed by atoms with Crippen LogP contribution in [0.2, 0.25) is 0 Å². The first-order valence-electron chi connectivity index (χ1n) is 6.09. The number of hydrogen-bond donors (Lipinski definition) is 2. The minimum absolute atomic E-state index is 0.178. The molecule has 0 radical (unpaired) electrons. The summed E-state index contributed by atoms with van der Waals surface area (Å²) >= 11 is 1.34. The number of aromatic amines is 1. The molecule has 0 saturated carbocycles. The van der Waals surface area contributed by atoms with Gasteiger partial charge in [0.2, 0.25) is 0 Å². The van der Waals surface area contributed by atoms with Crippen molar-refractivity contribution >= 4 is 11.8 Å². The van der Waals surface area contributed by atoms with E-state index in [1.54, 1.807) is 7.05 Å². The number of aromatic nitrogens is 3. The van der Waals surface area contributed by atoms with Crippen LogP contribution < -0.4 is 11.1 Å². The molecule has 1 aromatic heterocycles. The van der Waals surface area contributed by atoms with Crippen LogP contribution in [0.15, 0.2) is 39.0 Å². The zero-order valence-electron chi connectivity index (χ0n) is 11.3. The summed E-state index contributed by atoms with van der Waals surface area (Å²) in [6.07, 6.45) is 0. The quantitative estimate of drug-likeness (QED) is 0.477. The van der Waals surface area contributed by atoms with E-state index in [1.807, 2.05) is 24.3 Å². The van der Waals surface area contributed by atoms with Crippen LogP contribution in [0.4, 0.5) is 0 Å². The summed E-state index contributed by atoms with van der Waals surface area (Å²) in [5.74, 6) is 6.01. The Morgan fingerprint density at radius 2 is 2.24 bits per heavy atom. The van der Waals surface area contributed by atoms with E-state index in [4.69, 9.17) is 5.11 Å². The maximum atomic E-state index is 11.3. The monoisotopic (exact) mass is 303 g/mol. The van der Waals surface area contributed by atoms with Gasteiger partial charge in [0, 0.05) is 18.4 Å². The highest BCUT2D eigenvalue weighted by atomic mass is 32.2. The minimum Gasteiger partial charge on any atom is -0.384 e. The second-order valence-corrected chi connectivity index (χ2v) is 5.09. The number of nitrogens with zero attached hydrogens (tertiary/aromatic N) is 2. The van der Waals surface area contributed by atoms with Crippen LogP contribution in [-0.4, -0.2) is 26.5 Å². The van der Waals surface area contributed by atoms with E-state index in [2.05, 4.69) is 21.9 Å². The number of benzene rings is 1. The van der Waals surface area contributed by atoms with Gasteiger partial charge in [-0.05, 0) is 17.7 Å². The largest absolute Gasteiger partial charge is 0.384 e. The van der Waals surface area contributed by atoms with E-state index in [1.165, 1.54) is 16.4 Å². The lowest BCUT2D eigenvalue weighted by Crippen LogP contribution is -2.33. The van der Waals surface area contributed by atoms with Gasteiger partial charge in [0.15, 0.2) is 5.16 Å². The molecular formula is C14H13N3O3S. The van der Waals surface area contributed by atoms with Gasteiger partial charge in [-0.3, -0.25) is 19.4 Å². The lowest BCUT2D eigenvalue weighted by Gasteiger charge is -2.06. The summed E-state index contributed by atoms with van der Waals surface area (Å²) in [6, 6.07) is 7.56. The smallest absolute Gasteiger partial charge is 0.339 e. The molecule has 0 unspecified atom stereocenters. The topological polar surface area (TPSA) is 88.0 Å². The van der Waals surface area contributed by atoms with E-state index in [9.17, 15) is 9.59 Å². The van der Waals surface area contributed by atoms with Crippen LogP contribution in [0.3, 0.4) is 0 Å². The average molecular weight is 303 g/mol. The third-order valence-electron chi connectivity index (χ3n) is 2.55. The van der Waals surface area contributed by atoms with Crippen LogP contribution in [0, 0.1) is 11.8 Å². The summed E-state index contributed by atoms with van der Waals surface area (Å²) in [6.45, 7) is -0.178. The first-order chi connectivity index (χ1) is 10.1. The van der Waals surface area contributed by atoms with Gasteiger partial charge >= 0.3 is 11.1 Å². The molecule has 0 aliphatic carbocycles. The molecule has 1 heterocycles. The van der Waals surface area contributed by atoms with E-state index in [0.717, 1.165) is 11.1 Å². The summed E-state index contributed by atoms with van der Waals surface area (Å²) in [5, 5.41) is 11.5. The average Bonchev–Trinajstić information content (AvgIpc) is 2.48. The van der Waals surface area contributed by atoms with Gasteiger partial charge in [0.25, 0.3) is 0 Å². The van der Waals surface area contributed by atoms with Crippen molar-refractivity contribution < 1.29 is 5.11 Å². The summed E-state index contributed by atoms with van der Waals surface area (Å²) in [4.78, 5) is 26.1. The highest BCUT2D eigenvalue weighted by Gasteiger charge is 2.05. The van der Waals surface area contributed by atoms with Gasteiger partial charge in [-0.1, -0.05) is 35.7 Å². The highest BCUT2D eigenvalue weighted by Crippen LogP contribution is 2.19. The van der Waals surface area contributed by atoms with Crippen LogP contribution in [0.5, 0.6) is 0 Å². The van der Waals surface area contributed by atoms with Crippen LogP contribution in [0.25, 0.3) is 0 Å². The van der Waals surface area contributed by atoms with E-state index in [-0.39, 0.29) is 6.61 Å². The third-order valence-corrected chi connectivity index (χ3v) is 3.66. The molecule has 0 aliphatic heterocycles. The molecule has 0 aliphatic rings. The summed E-state index contributed by atoms with van der Waals surface area (Å²) < 4.78 is 1.42. The molecule has 2 aromatic rings. The summed E-state index contributed by atoms with van der Waals surface area (Å²) in [7, 11) is 1.62. The molecule has 0 fully saturated rings. The molecule has 21 heavy (non-hydrogen) atoms.